The largest absolute Gasteiger partial charge is 0.416 e. The fraction of sp³-hybridized carbons (Fsp3) is 0.300. The van der Waals surface area contributed by atoms with Gasteiger partial charge in [0.05, 0.1) is 12.1 Å². The van der Waals surface area contributed by atoms with E-state index in [4.69, 9.17) is 0 Å². The van der Waals surface area contributed by atoms with Crippen molar-refractivity contribution < 1.29 is 18.0 Å². The quantitative estimate of drug-likeness (QED) is 0.502. The molecular weight excluding hydrogens is 369 g/mol. The lowest BCUT2D eigenvalue weighted by molar-refractivity contribution is -0.137. The number of nitrogens with one attached hydrogen (secondary N) is 3. The Bertz CT molecular complexity index is 774. The van der Waals surface area contributed by atoms with Gasteiger partial charge in [-0.3, -0.25) is 9.79 Å². The Morgan fingerprint density at radius 2 is 1.61 bits per heavy atom. The Balaban J connectivity index is 1.69. The van der Waals surface area contributed by atoms with Crippen molar-refractivity contribution in [3.63, 3.8) is 0 Å². The molecule has 0 bridgehead atoms. The average molecular weight is 392 g/mol. The molecule has 0 radical (unpaired) electrons. The van der Waals surface area contributed by atoms with E-state index >= 15 is 0 Å². The summed E-state index contributed by atoms with van der Waals surface area (Å²) in [5.41, 5.74) is 1.12. The highest BCUT2D eigenvalue weighted by Crippen LogP contribution is 2.29. The smallest absolute Gasteiger partial charge is 0.356 e. The van der Waals surface area contributed by atoms with Crippen LogP contribution in [0.25, 0.3) is 0 Å². The standard InChI is InChI=1S/C20H23F3N4O/c1-24-19(27-14-18(28)26-13-16-5-3-2-4-6-16)25-12-11-15-7-9-17(10-8-15)20(21,22)23/h2-10H,11-14H2,1H3,(H,26,28)(H2,24,25,27). The molecule has 5 nitrogen and oxygen atoms in total. The first kappa shape index (κ1) is 21.3. The Hall–Kier alpha value is -3.03. The van der Waals surface area contributed by atoms with Crippen LogP contribution in [-0.4, -0.2) is 32.0 Å². The number of amides is 1. The van der Waals surface area contributed by atoms with Crippen LogP contribution in [0.4, 0.5) is 13.2 Å². The zero-order valence-corrected chi connectivity index (χ0v) is 15.5. The van der Waals surface area contributed by atoms with Crippen LogP contribution in [0.2, 0.25) is 0 Å². The molecule has 150 valence electrons. The van der Waals surface area contributed by atoms with Crippen LogP contribution in [0.3, 0.4) is 0 Å². The van der Waals surface area contributed by atoms with E-state index in [2.05, 4.69) is 20.9 Å². The van der Waals surface area contributed by atoms with Crippen molar-refractivity contribution in [2.45, 2.75) is 19.1 Å². The van der Waals surface area contributed by atoms with Crippen molar-refractivity contribution in [2.24, 2.45) is 4.99 Å². The van der Waals surface area contributed by atoms with Gasteiger partial charge in [-0.05, 0) is 29.7 Å². The molecule has 1 amide bonds. The van der Waals surface area contributed by atoms with Gasteiger partial charge in [0, 0.05) is 20.1 Å². The molecular formula is C20H23F3N4O. The summed E-state index contributed by atoms with van der Waals surface area (Å²) >= 11 is 0. The maximum absolute atomic E-state index is 12.6. The number of carbonyl (C=O) groups excluding carboxylic acids is 1. The van der Waals surface area contributed by atoms with Crippen LogP contribution in [0.15, 0.2) is 59.6 Å². The third kappa shape index (κ3) is 7.30. The minimum atomic E-state index is -4.33. The summed E-state index contributed by atoms with van der Waals surface area (Å²) in [5.74, 6) is 0.274. The van der Waals surface area contributed by atoms with Crippen LogP contribution in [0.1, 0.15) is 16.7 Å². The van der Waals surface area contributed by atoms with Gasteiger partial charge in [-0.1, -0.05) is 42.5 Å². The SMILES string of the molecule is CN=C(NCCc1ccc(C(F)(F)F)cc1)NCC(=O)NCc1ccccc1. The molecule has 0 aliphatic carbocycles. The summed E-state index contributed by atoms with van der Waals surface area (Å²) in [7, 11) is 1.58. The number of hydrogen-bond donors (Lipinski definition) is 3. The minimum absolute atomic E-state index is 0.0623. The van der Waals surface area contributed by atoms with E-state index < -0.39 is 11.7 Å². The zero-order chi connectivity index (χ0) is 20.4. The van der Waals surface area contributed by atoms with E-state index in [1.807, 2.05) is 30.3 Å². The van der Waals surface area contributed by atoms with Crippen LogP contribution in [0, 0.1) is 0 Å². The van der Waals surface area contributed by atoms with E-state index in [0.29, 0.717) is 25.5 Å². The van der Waals surface area contributed by atoms with Gasteiger partial charge < -0.3 is 16.0 Å². The molecule has 0 aliphatic rings. The number of benzene rings is 2. The van der Waals surface area contributed by atoms with Crippen LogP contribution >= 0.6 is 0 Å². The molecule has 8 heteroatoms. The first-order valence-electron chi connectivity index (χ1n) is 8.80. The summed E-state index contributed by atoms with van der Waals surface area (Å²) in [6.45, 7) is 0.977. The molecule has 0 atom stereocenters. The van der Waals surface area contributed by atoms with E-state index in [0.717, 1.165) is 23.3 Å². The van der Waals surface area contributed by atoms with Crippen molar-refractivity contribution in [3.05, 3.63) is 71.3 Å². The summed E-state index contributed by atoms with van der Waals surface area (Å²) in [6, 6.07) is 14.6. The van der Waals surface area contributed by atoms with Crippen molar-refractivity contribution in [1.82, 2.24) is 16.0 Å². The molecule has 0 aromatic heterocycles. The number of halogens is 3. The number of carbonyl (C=O) groups is 1. The topological polar surface area (TPSA) is 65.5 Å². The van der Waals surface area contributed by atoms with Gasteiger partial charge in [0.2, 0.25) is 5.91 Å². The second-order valence-electron chi connectivity index (χ2n) is 6.06. The second kappa shape index (κ2) is 10.3. The highest BCUT2D eigenvalue weighted by atomic mass is 19.4. The van der Waals surface area contributed by atoms with Gasteiger partial charge in [0.1, 0.15) is 0 Å². The minimum Gasteiger partial charge on any atom is -0.356 e. The molecule has 0 fully saturated rings. The van der Waals surface area contributed by atoms with Crippen LogP contribution in [0.5, 0.6) is 0 Å². The maximum Gasteiger partial charge on any atom is 0.416 e. The van der Waals surface area contributed by atoms with Crippen LogP contribution in [-0.2, 0) is 23.9 Å². The predicted molar refractivity (Wildman–Crippen MR) is 103 cm³/mol. The molecule has 0 saturated carbocycles. The molecule has 2 aromatic rings. The normalized spacial score (nSPS) is 11.8. The second-order valence-corrected chi connectivity index (χ2v) is 6.06. The van der Waals surface area contributed by atoms with Gasteiger partial charge >= 0.3 is 6.18 Å². The summed E-state index contributed by atoms with van der Waals surface area (Å²) in [4.78, 5) is 15.9. The van der Waals surface area contributed by atoms with Crippen molar-refractivity contribution in [1.29, 1.82) is 0 Å². The number of guanidine groups is 1. The molecule has 0 unspecified atom stereocenters. The summed E-state index contributed by atoms with van der Waals surface area (Å²) in [6.07, 6.45) is -3.80. The lowest BCUT2D eigenvalue weighted by Crippen LogP contribution is -2.43. The van der Waals surface area contributed by atoms with Crippen molar-refractivity contribution in [3.8, 4) is 0 Å². The molecule has 0 saturated heterocycles. The van der Waals surface area contributed by atoms with Crippen LogP contribution < -0.4 is 16.0 Å². The number of nitrogens with zero attached hydrogens (tertiary/aromatic N) is 1. The van der Waals surface area contributed by atoms with Crippen molar-refractivity contribution in [2.75, 3.05) is 20.1 Å². The molecule has 0 spiro atoms. The van der Waals surface area contributed by atoms with E-state index in [9.17, 15) is 18.0 Å². The van der Waals surface area contributed by atoms with E-state index in [1.165, 1.54) is 12.1 Å². The molecule has 3 N–H and O–H groups in total. The molecule has 0 heterocycles. The average Bonchev–Trinajstić information content (AvgIpc) is 2.69. The van der Waals surface area contributed by atoms with Crippen molar-refractivity contribution >= 4 is 11.9 Å². The van der Waals surface area contributed by atoms with Gasteiger partial charge in [-0.25, -0.2) is 0 Å². The van der Waals surface area contributed by atoms with Gasteiger partial charge in [-0.2, -0.15) is 13.2 Å². The number of alkyl halides is 3. The molecule has 2 aromatic carbocycles. The third-order valence-corrected chi connectivity index (χ3v) is 3.96. The van der Waals surface area contributed by atoms with Gasteiger partial charge in [-0.15, -0.1) is 0 Å². The van der Waals surface area contributed by atoms with Gasteiger partial charge in [0.25, 0.3) is 0 Å². The summed E-state index contributed by atoms with van der Waals surface area (Å²) in [5, 5.41) is 8.73. The highest BCUT2D eigenvalue weighted by Gasteiger charge is 2.29. The van der Waals surface area contributed by atoms with E-state index in [1.54, 1.807) is 7.05 Å². The highest BCUT2D eigenvalue weighted by molar-refractivity contribution is 5.86. The lowest BCUT2D eigenvalue weighted by Gasteiger charge is -2.12. The fourth-order valence-corrected chi connectivity index (χ4v) is 2.43. The van der Waals surface area contributed by atoms with Gasteiger partial charge in [0.15, 0.2) is 5.96 Å². The number of aliphatic imine (C=N–C) groups is 1. The fourth-order valence-electron chi connectivity index (χ4n) is 2.43. The maximum atomic E-state index is 12.6. The number of hydrogen-bond acceptors (Lipinski definition) is 2. The zero-order valence-electron chi connectivity index (χ0n) is 15.5. The Labute approximate surface area is 162 Å². The first-order valence-corrected chi connectivity index (χ1v) is 8.80. The Morgan fingerprint density at radius 3 is 2.21 bits per heavy atom. The predicted octanol–water partition coefficient (Wildman–Crippen LogP) is 2.73. The summed E-state index contributed by atoms with van der Waals surface area (Å²) < 4.78 is 37.7. The first-order chi connectivity index (χ1) is 13.4. The molecule has 28 heavy (non-hydrogen) atoms. The Kier molecular flexibility index (Phi) is 7.86. The third-order valence-electron chi connectivity index (χ3n) is 3.96. The lowest BCUT2D eigenvalue weighted by atomic mass is 10.1. The Morgan fingerprint density at radius 1 is 0.929 bits per heavy atom. The monoisotopic (exact) mass is 392 g/mol. The number of rotatable bonds is 7. The molecule has 2 rings (SSSR count). The van der Waals surface area contributed by atoms with E-state index in [-0.39, 0.29) is 12.5 Å². The molecule has 0 aliphatic heterocycles.